The third kappa shape index (κ3) is 6.63. The highest BCUT2D eigenvalue weighted by Crippen LogP contribution is 2.24. The van der Waals surface area contributed by atoms with Gasteiger partial charge in [-0.15, -0.1) is 24.0 Å². The average Bonchev–Trinajstić information content (AvgIpc) is 2.43. The highest BCUT2D eigenvalue weighted by Gasteiger charge is 2.24. The maximum atomic E-state index is 13.9. The molecule has 0 spiro atoms. The maximum absolute atomic E-state index is 13.9. The van der Waals surface area contributed by atoms with E-state index in [0.717, 1.165) is 30.9 Å². The van der Waals surface area contributed by atoms with E-state index in [0.29, 0.717) is 6.54 Å². The second-order valence-electron chi connectivity index (χ2n) is 5.57. The first-order chi connectivity index (χ1) is 9.51. The van der Waals surface area contributed by atoms with Gasteiger partial charge in [0.05, 0.1) is 0 Å². The molecule has 5 heteroatoms. The molecule has 0 amide bonds. The Labute approximate surface area is 144 Å². The van der Waals surface area contributed by atoms with Gasteiger partial charge in [0, 0.05) is 25.6 Å². The molecule has 2 N–H and O–H groups in total. The Balaban J connectivity index is 0.00000400. The second kappa shape index (κ2) is 9.97. The number of rotatable bonds is 6. The van der Waals surface area contributed by atoms with Gasteiger partial charge in [0.25, 0.3) is 0 Å². The van der Waals surface area contributed by atoms with E-state index in [1.165, 1.54) is 6.07 Å². The number of unbranched alkanes of at least 4 members (excludes halogenated alkanes) is 1. The van der Waals surface area contributed by atoms with Crippen molar-refractivity contribution >= 4 is 29.9 Å². The summed E-state index contributed by atoms with van der Waals surface area (Å²) < 4.78 is 13.9. The fourth-order valence-electron chi connectivity index (χ4n) is 2.01. The zero-order valence-electron chi connectivity index (χ0n) is 13.4. The lowest BCUT2D eigenvalue weighted by Crippen LogP contribution is -2.44. The first-order valence-electron chi connectivity index (χ1n) is 7.20. The molecular weight excluding hydrogens is 380 g/mol. The third-order valence-electron chi connectivity index (χ3n) is 3.35. The van der Waals surface area contributed by atoms with E-state index >= 15 is 0 Å². The topological polar surface area (TPSA) is 36.4 Å². The van der Waals surface area contributed by atoms with Crippen LogP contribution in [0.1, 0.15) is 39.2 Å². The molecule has 0 atom stereocenters. The molecule has 120 valence electrons. The highest BCUT2D eigenvalue weighted by atomic mass is 127. The van der Waals surface area contributed by atoms with Crippen LogP contribution in [-0.4, -0.2) is 26.1 Å². The molecule has 0 aliphatic carbocycles. The van der Waals surface area contributed by atoms with Crippen molar-refractivity contribution in [3.63, 3.8) is 0 Å². The minimum atomic E-state index is -0.298. The summed E-state index contributed by atoms with van der Waals surface area (Å²) in [5, 5.41) is 6.52. The summed E-state index contributed by atoms with van der Waals surface area (Å²) in [6, 6.07) is 6.93. The molecule has 0 saturated carbocycles. The van der Waals surface area contributed by atoms with Crippen molar-refractivity contribution in [2.75, 3.05) is 20.1 Å². The Morgan fingerprint density at radius 3 is 2.48 bits per heavy atom. The van der Waals surface area contributed by atoms with E-state index in [2.05, 4.69) is 22.5 Å². The van der Waals surface area contributed by atoms with Crippen LogP contribution in [0, 0.1) is 5.82 Å². The molecular formula is C16H27FIN3. The van der Waals surface area contributed by atoms with Crippen LogP contribution in [0.3, 0.4) is 0 Å². The fraction of sp³-hybridized carbons (Fsp3) is 0.562. The van der Waals surface area contributed by atoms with Crippen molar-refractivity contribution < 1.29 is 4.39 Å². The van der Waals surface area contributed by atoms with Crippen molar-refractivity contribution in [3.05, 3.63) is 35.6 Å². The summed E-state index contributed by atoms with van der Waals surface area (Å²) in [5.74, 6) is 0.607. The number of benzene rings is 1. The summed E-state index contributed by atoms with van der Waals surface area (Å²) in [6.07, 6.45) is 2.25. The van der Waals surface area contributed by atoms with E-state index in [1.807, 2.05) is 26.0 Å². The van der Waals surface area contributed by atoms with E-state index in [1.54, 1.807) is 13.1 Å². The standard InChI is InChI=1S/C16H26FN3.HI/c1-5-6-11-19-15(18-4)20-12-16(2,3)13-9-7-8-10-14(13)17;/h7-10H,5-6,11-12H2,1-4H3,(H2,18,19,20);1H. The van der Waals surface area contributed by atoms with E-state index < -0.39 is 0 Å². The van der Waals surface area contributed by atoms with E-state index in [-0.39, 0.29) is 35.2 Å². The van der Waals surface area contributed by atoms with E-state index in [9.17, 15) is 4.39 Å². The number of guanidine groups is 1. The quantitative estimate of drug-likeness (QED) is 0.327. The molecule has 0 bridgehead atoms. The zero-order chi connectivity index (χ0) is 15.0. The Morgan fingerprint density at radius 2 is 1.90 bits per heavy atom. The molecule has 1 rings (SSSR count). The molecule has 0 saturated heterocycles. The number of halogens is 2. The van der Waals surface area contributed by atoms with Crippen LogP contribution in [0.2, 0.25) is 0 Å². The van der Waals surface area contributed by atoms with Gasteiger partial charge in [-0.2, -0.15) is 0 Å². The van der Waals surface area contributed by atoms with Crippen LogP contribution >= 0.6 is 24.0 Å². The van der Waals surface area contributed by atoms with Gasteiger partial charge < -0.3 is 10.6 Å². The van der Waals surface area contributed by atoms with Gasteiger partial charge >= 0.3 is 0 Å². The Morgan fingerprint density at radius 1 is 1.24 bits per heavy atom. The van der Waals surface area contributed by atoms with E-state index in [4.69, 9.17) is 0 Å². The second-order valence-corrected chi connectivity index (χ2v) is 5.57. The largest absolute Gasteiger partial charge is 0.356 e. The number of hydrogen-bond acceptors (Lipinski definition) is 1. The Bertz CT molecular complexity index is 447. The van der Waals surface area contributed by atoms with Crippen molar-refractivity contribution in [1.82, 2.24) is 10.6 Å². The minimum Gasteiger partial charge on any atom is -0.356 e. The van der Waals surface area contributed by atoms with Crippen molar-refractivity contribution in [1.29, 1.82) is 0 Å². The minimum absolute atomic E-state index is 0. The van der Waals surface area contributed by atoms with Gasteiger partial charge in [-0.1, -0.05) is 45.4 Å². The van der Waals surface area contributed by atoms with Gasteiger partial charge in [0.1, 0.15) is 5.82 Å². The van der Waals surface area contributed by atoms with Crippen LogP contribution in [0.5, 0.6) is 0 Å². The molecule has 0 aliphatic rings. The normalized spacial score (nSPS) is 11.8. The molecule has 0 fully saturated rings. The van der Waals surface area contributed by atoms with Crippen molar-refractivity contribution in [3.8, 4) is 0 Å². The lowest BCUT2D eigenvalue weighted by molar-refractivity contribution is 0.473. The lowest BCUT2D eigenvalue weighted by atomic mass is 9.84. The molecule has 1 aromatic rings. The maximum Gasteiger partial charge on any atom is 0.191 e. The predicted octanol–water partition coefficient (Wildman–Crippen LogP) is 3.69. The number of nitrogens with zero attached hydrogens (tertiary/aromatic N) is 1. The number of nitrogens with one attached hydrogen (secondary N) is 2. The van der Waals surface area contributed by atoms with Crippen LogP contribution in [0.25, 0.3) is 0 Å². The summed E-state index contributed by atoms with van der Waals surface area (Å²) in [7, 11) is 1.75. The molecule has 21 heavy (non-hydrogen) atoms. The molecule has 0 aromatic heterocycles. The van der Waals surface area contributed by atoms with Gasteiger partial charge in [0.2, 0.25) is 0 Å². The van der Waals surface area contributed by atoms with Crippen LogP contribution in [0.15, 0.2) is 29.3 Å². The predicted molar refractivity (Wildman–Crippen MR) is 99.1 cm³/mol. The molecule has 3 nitrogen and oxygen atoms in total. The number of hydrogen-bond donors (Lipinski definition) is 2. The smallest absolute Gasteiger partial charge is 0.191 e. The van der Waals surface area contributed by atoms with Gasteiger partial charge in [-0.05, 0) is 18.1 Å². The van der Waals surface area contributed by atoms with Crippen LogP contribution < -0.4 is 10.6 Å². The first kappa shape index (κ1) is 20.1. The van der Waals surface area contributed by atoms with Gasteiger partial charge in [-0.3, -0.25) is 4.99 Å². The third-order valence-corrected chi connectivity index (χ3v) is 3.35. The highest BCUT2D eigenvalue weighted by molar-refractivity contribution is 14.0. The van der Waals surface area contributed by atoms with Gasteiger partial charge in [0.15, 0.2) is 5.96 Å². The van der Waals surface area contributed by atoms with Gasteiger partial charge in [-0.25, -0.2) is 4.39 Å². The molecule has 0 unspecified atom stereocenters. The average molecular weight is 407 g/mol. The Hall–Kier alpha value is -0.850. The molecule has 0 radical (unpaired) electrons. The SMILES string of the molecule is CCCCNC(=NC)NCC(C)(C)c1ccccc1F.I. The summed E-state index contributed by atoms with van der Waals surface area (Å²) in [4.78, 5) is 4.18. The lowest BCUT2D eigenvalue weighted by Gasteiger charge is -2.27. The molecule has 0 aliphatic heterocycles. The van der Waals surface area contributed by atoms with Crippen LogP contribution in [0.4, 0.5) is 4.39 Å². The van der Waals surface area contributed by atoms with Crippen molar-refractivity contribution in [2.45, 2.75) is 39.0 Å². The molecule has 0 heterocycles. The number of aliphatic imine (C=N–C) groups is 1. The molecule has 1 aromatic carbocycles. The first-order valence-corrected chi connectivity index (χ1v) is 7.20. The summed E-state index contributed by atoms with van der Waals surface area (Å²) in [6.45, 7) is 7.73. The van der Waals surface area contributed by atoms with Crippen LogP contribution in [-0.2, 0) is 5.41 Å². The Kier molecular flexibility index (Phi) is 9.57. The zero-order valence-corrected chi connectivity index (χ0v) is 15.7. The summed E-state index contributed by atoms with van der Waals surface area (Å²) in [5.41, 5.74) is 0.421. The summed E-state index contributed by atoms with van der Waals surface area (Å²) >= 11 is 0. The van der Waals surface area contributed by atoms with Crippen molar-refractivity contribution in [2.24, 2.45) is 4.99 Å². The fourth-order valence-corrected chi connectivity index (χ4v) is 2.01. The monoisotopic (exact) mass is 407 g/mol.